The molecule has 3 aliphatic rings. The van der Waals surface area contributed by atoms with Crippen molar-refractivity contribution in [3.63, 3.8) is 0 Å². The Morgan fingerprint density at radius 1 is 1.12 bits per heavy atom. The van der Waals surface area contributed by atoms with Crippen molar-refractivity contribution >= 4 is 11.8 Å². The lowest BCUT2D eigenvalue weighted by Crippen LogP contribution is -2.45. The van der Waals surface area contributed by atoms with Gasteiger partial charge in [-0.1, -0.05) is 0 Å². The predicted octanol–water partition coefficient (Wildman–Crippen LogP) is 1.04. The molecule has 0 spiro atoms. The summed E-state index contributed by atoms with van der Waals surface area (Å²) in [7, 11) is 0. The molecule has 7 heteroatoms. The van der Waals surface area contributed by atoms with Crippen LogP contribution >= 0.6 is 0 Å². The number of piperidine rings is 1. The third kappa shape index (κ3) is 3.72. The molecule has 0 saturated carbocycles. The Bertz CT molecular complexity index is 647. The van der Waals surface area contributed by atoms with Crippen LogP contribution in [0.4, 0.5) is 0 Å². The number of rotatable bonds is 4. The van der Waals surface area contributed by atoms with Crippen LogP contribution in [0.2, 0.25) is 0 Å². The minimum absolute atomic E-state index is 0.00399. The van der Waals surface area contributed by atoms with Crippen LogP contribution in [0.3, 0.4) is 0 Å². The second-order valence-corrected chi connectivity index (χ2v) is 7.57. The zero-order chi connectivity index (χ0) is 17.9. The SMILES string of the molecule is O=C(CCc1cncnc1)N1CC[C@H]2CC(C(=O)N3CCCC3)O[C@H]2C1. The van der Waals surface area contributed by atoms with E-state index in [1.807, 2.05) is 9.80 Å². The molecule has 0 radical (unpaired) electrons. The molecule has 0 aliphatic carbocycles. The van der Waals surface area contributed by atoms with Gasteiger partial charge >= 0.3 is 0 Å². The number of amides is 2. The van der Waals surface area contributed by atoms with Crippen LogP contribution < -0.4 is 0 Å². The highest BCUT2D eigenvalue weighted by atomic mass is 16.5. The second-order valence-electron chi connectivity index (χ2n) is 7.57. The number of aromatic nitrogens is 2. The van der Waals surface area contributed by atoms with Crippen molar-refractivity contribution < 1.29 is 14.3 Å². The summed E-state index contributed by atoms with van der Waals surface area (Å²) in [6.07, 6.45) is 9.74. The average molecular weight is 358 g/mol. The Hall–Kier alpha value is -2.02. The van der Waals surface area contributed by atoms with Gasteiger partial charge < -0.3 is 14.5 Å². The first-order valence-corrected chi connectivity index (χ1v) is 9.66. The smallest absolute Gasteiger partial charge is 0.251 e. The molecule has 4 rings (SSSR count). The number of carbonyl (C=O) groups excluding carboxylic acids is 2. The molecule has 3 atom stereocenters. The van der Waals surface area contributed by atoms with Gasteiger partial charge in [0.1, 0.15) is 12.4 Å². The molecule has 3 fully saturated rings. The highest BCUT2D eigenvalue weighted by Gasteiger charge is 2.43. The molecule has 1 aromatic rings. The number of carbonyl (C=O) groups is 2. The number of fused-ring (bicyclic) bond motifs is 1. The molecule has 3 saturated heterocycles. The van der Waals surface area contributed by atoms with Crippen molar-refractivity contribution in [1.29, 1.82) is 0 Å². The maximum absolute atomic E-state index is 12.6. The van der Waals surface area contributed by atoms with Gasteiger partial charge in [-0.05, 0) is 43.6 Å². The summed E-state index contributed by atoms with van der Waals surface area (Å²) >= 11 is 0. The first kappa shape index (κ1) is 17.4. The summed E-state index contributed by atoms with van der Waals surface area (Å²) in [6.45, 7) is 3.10. The Balaban J connectivity index is 1.28. The lowest BCUT2D eigenvalue weighted by Gasteiger charge is -2.34. The van der Waals surface area contributed by atoms with Crippen LogP contribution in [0, 0.1) is 5.92 Å². The lowest BCUT2D eigenvalue weighted by molar-refractivity contribution is -0.144. The normalized spacial score (nSPS) is 28.2. The van der Waals surface area contributed by atoms with Crippen LogP contribution in [-0.4, -0.2) is 70.0 Å². The molecular weight excluding hydrogens is 332 g/mol. The van der Waals surface area contributed by atoms with Gasteiger partial charge in [-0.2, -0.15) is 0 Å². The van der Waals surface area contributed by atoms with E-state index in [1.165, 1.54) is 6.33 Å². The van der Waals surface area contributed by atoms with Gasteiger partial charge in [0, 0.05) is 45.0 Å². The van der Waals surface area contributed by atoms with E-state index in [-0.39, 0.29) is 24.0 Å². The van der Waals surface area contributed by atoms with Gasteiger partial charge in [-0.25, -0.2) is 9.97 Å². The van der Waals surface area contributed by atoms with E-state index in [9.17, 15) is 9.59 Å². The van der Waals surface area contributed by atoms with Crippen LogP contribution in [0.1, 0.15) is 37.7 Å². The van der Waals surface area contributed by atoms with Gasteiger partial charge in [0.25, 0.3) is 5.91 Å². The van der Waals surface area contributed by atoms with E-state index < -0.39 is 0 Å². The molecule has 1 aromatic heterocycles. The van der Waals surface area contributed by atoms with Crippen LogP contribution in [-0.2, 0) is 20.7 Å². The topological polar surface area (TPSA) is 75.6 Å². The number of likely N-dealkylation sites (tertiary alicyclic amines) is 2. The number of hydrogen-bond donors (Lipinski definition) is 0. The van der Waals surface area contributed by atoms with Crippen molar-refractivity contribution in [1.82, 2.24) is 19.8 Å². The molecule has 3 aliphatic heterocycles. The Kier molecular flexibility index (Phi) is 5.15. The summed E-state index contributed by atoms with van der Waals surface area (Å²) in [5.74, 6) is 0.696. The molecule has 0 bridgehead atoms. The molecule has 0 aromatic carbocycles. The van der Waals surface area contributed by atoms with E-state index in [4.69, 9.17) is 4.74 Å². The van der Waals surface area contributed by atoms with Crippen molar-refractivity contribution in [2.24, 2.45) is 5.92 Å². The largest absolute Gasteiger partial charge is 0.363 e. The Morgan fingerprint density at radius 3 is 2.65 bits per heavy atom. The highest BCUT2D eigenvalue weighted by Crippen LogP contribution is 2.34. The number of hydrogen-bond acceptors (Lipinski definition) is 5. The molecule has 2 amide bonds. The Morgan fingerprint density at radius 2 is 1.88 bits per heavy atom. The average Bonchev–Trinajstić information content (AvgIpc) is 3.35. The molecule has 140 valence electrons. The second kappa shape index (κ2) is 7.70. The van der Waals surface area contributed by atoms with Crippen molar-refractivity contribution in [3.8, 4) is 0 Å². The van der Waals surface area contributed by atoms with Gasteiger partial charge in [-0.15, -0.1) is 0 Å². The summed E-state index contributed by atoms with van der Waals surface area (Å²) in [6, 6.07) is 0. The zero-order valence-electron chi connectivity index (χ0n) is 15.0. The van der Waals surface area contributed by atoms with Gasteiger partial charge in [0.05, 0.1) is 6.10 Å². The number of nitrogens with zero attached hydrogens (tertiary/aromatic N) is 4. The molecular formula is C19H26N4O3. The summed E-state index contributed by atoms with van der Waals surface area (Å²) in [5, 5.41) is 0. The van der Waals surface area contributed by atoms with E-state index in [0.717, 1.165) is 50.9 Å². The van der Waals surface area contributed by atoms with Crippen LogP contribution in [0.5, 0.6) is 0 Å². The van der Waals surface area contributed by atoms with Gasteiger partial charge in [-0.3, -0.25) is 9.59 Å². The Labute approximate surface area is 153 Å². The molecule has 0 N–H and O–H groups in total. The van der Waals surface area contributed by atoms with Crippen LogP contribution in [0.15, 0.2) is 18.7 Å². The predicted molar refractivity (Wildman–Crippen MR) is 94.1 cm³/mol. The van der Waals surface area contributed by atoms with Gasteiger partial charge in [0.15, 0.2) is 0 Å². The fourth-order valence-corrected chi connectivity index (χ4v) is 4.33. The third-order valence-electron chi connectivity index (χ3n) is 5.84. The van der Waals surface area contributed by atoms with Gasteiger partial charge in [0.2, 0.25) is 5.91 Å². The summed E-state index contributed by atoms with van der Waals surface area (Å²) < 4.78 is 6.08. The number of aryl methyl sites for hydroxylation is 1. The van der Waals surface area contributed by atoms with Crippen molar-refractivity contribution in [2.45, 2.75) is 50.7 Å². The fraction of sp³-hybridized carbons (Fsp3) is 0.684. The standard InChI is InChI=1S/C19H26N4O3/c24-18(4-3-14-10-20-13-21-11-14)23-8-5-15-9-16(26-17(15)12-23)19(25)22-6-1-2-7-22/h10-11,13,15-17H,1-9,12H2/t15-,16?,17-/m0/s1. The third-order valence-corrected chi connectivity index (χ3v) is 5.84. The first-order chi connectivity index (χ1) is 12.7. The van der Waals surface area contributed by atoms with Crippen molar-refractivity contribution in [3.05, 3.63) is 24.3 Å². The van der Waals surface area contributed by atoms with E-state index in [2.05, 4.69) is 9.97 Å². The van der Waals surface area contributed by atoms with E-state index >= 15 is 0 Å². The first-order valence-electron chi connectivity index (χ1n) is 9.66. The quantitative estimate of drug-likeness (QED) is 0.804. The van der Waals surface area contributed by atoms with E-state index in [1.54, 1.807) is 12.4 Å². The highest BCUT2D eigenvalue weighted by molar-refractivity contribution is 5.81. The minimum Gasteiger partial charge on any atom is -0.363 e. The fourth-order valence-electron chi connectivity index (χ4n) is 4.33. The molecule has 1 unspecified atom stereocenters. The zero-order valence-corrected chi connectivity index (χ0v) is 15.0. The van der Waals surface area contributed by atoms with Crippen molar-refractivity contribution in [2.75, 3.05) is 26.2 Å². The monoisotopic (exact) mass is 358 g/mol. The molecule has 4 heterocycles. The maximum atomic E-state index is 12.6. The summed E-state index contributed by atoms with van der Waals surface area (Å²) in [5.41, 5.74) is 0.976. The van der Waals surface area contributed by atoms with Crippen LogP contribution in [0.25, 0.3) is 0 Å². The minimum atomic E-state index is -0.306. The van der Waals surface area contributed by atoms with E-state index in [0.29, 0.717) is 25.3 Å². The maximum Gasteiger partial charge on any atom is 0.251 e. The number of ether oxygens (including phenoxy) is 1. The molecule has 7 nitrogen and oxygen atoms in total. The summed E-state index contributed by atoms with van der Waals surface area (Å²) in [4.78, 5) is 36.9. The molecule has 26 heavy (non-hydrogen) atoms. The lowest BCUT2D eigenvalue weighted by atomic mass is 9.91.